The number of rotatable bonds is 7. The van der Waals surface area contributed by atoms with Gasteiger partial charge in [0.2, 0.25) is 11.8 Å². The second-order valence-electron chi connectivity index (χ2n) is 4.91. The summed E-state index contributed by atoms with van der Waals surface area (Å²) in [4.78, 5) is 15.9. The highest BCUT2D eigenvalue weighted by atomic mass is 16.5. The molecule has 21 heavy (non-hydrogen) atoms. The van der Waals surface area contributed by atoms with Crippen LogP contribution in [-0.4, -0.2) is 28.6 Å². The molecule has 3 N–H and O–H groups in total. The van der Waals surface area contributed by atoms with Crippen LogP contribution in [0.5, 0.6) is 0 Å². The van der Waals surface area contributed by atoms with E-state index >= 15 is 0 Å². The summed E-state index contributed by atoms with van der Waals surface area (Å²) in [5.74, 6) is 0.962. The van der Waals surface area contributed by atoms with Crippen molar-refractivity contribution in [2.24, 2.45) is 5.73 Å². The Hall–Kier alpha value is -2.21. The smallest absolute Gasteiger partial charge is 0.236 e. The van der Waals surface area contributed by atoms with E-state index in [2.05, 4.69) is 15.5 Å². The van der Waals surface area contributed by atoms with Gasteiger partial charge < -0.3 is 15.6 Å². The Morgan fingerprint density at radius 1 is 1.33 bits per heavy atom. The molecule has 0 unspecified atom stereocenters. The monoisotopic (exact) mass is 288 g/mol. The first-order valence-electron chi connectivity index (χ1n) is 7.01. The molecule has 0 bridgehead atoms. The van der Waals surface area contributed by atoms with Crippen molar-refractivity contribution in [1.29, 1.82) is 0 Å². The van der Waals surface area contributed by atoms with Crippen LogP contribution in [0.15, 0.2) is 34.9 Å². The van der Waals surface area contributed by atoms with Gasteiger partial charge in [-0.15, -0.1) is 0 Å². The normalized spacial score (nSPS) is 12.1. The number of aromatic nitrogens is 2. The van der Waals surface area contributed by atoms with Crippen LogP contribution in [0.1, 0.15) is 23.7 Å². The van der Waals surface area contributed by atoms with Crippen molar-refractivity contribution < 1.29 is 9.32 Å². The lowest BCUT2D eigenvalue weighted by molar-refractivity contribution is -0.122. The number of carbonyl (C=O) groups is 1. The van der Waals surface area contributed by atoms with E-state index in [1.54, 1.807) is 6.92 Å². The Labute approximate surface area is 123 Å². The highest BCUT2D eigenvalue weighted by Gasteiger charge is 2.13. The van der Waals surface area contributed by atoms with Crippen LogP contribution >= 0.6 is 0 Å². The molecule has 0 aliphatic rings. The van der Waals surface area contributed by atoms with Crippen LogP contribution in [0.3, 0.4) is 0 Å². The van der Waals surface area contributed by atoms with Crippen molar-refractivity contribution in [3.63, 3.8) is 0 Å². The molecule has 6 heteroatoms. The van der Waals surface area contributed by atoms with E-state index in [4.69, 9.17) is 10.3 Å². The van der Waals surface area contributed by atoms with Gasteiger partial charge in [-0.1, -0.05) is 35.5 Å². The largest absolute Gasteiger partial charge is 0.354 e. The highest BCUT2D eigenvalue weighted by Crippen LogP contribution is 2.04. The molecule has 1 heterocycles. The van der Waals surface area contributed by atoms with Gasteiger partial charge in [-0.3, -0.25) is 4.79 Å². The number of aryl methyl sites for hydroxylation is 2. The average Bonchev–Trinajstić information content (AvgIpc) is 2.91. The zero-order valence-electron chi connectivity index (χ0n) is 12.1. The number of carbonyl (C=O) groups excluding carboxylic acids is 1. The molecule has 1 aromatic carbocycles. The number of nitrogens with one attached hydrogen (secondary N) is 1. The quantitative estimate of drug-likeness (QED) is 0.792. The topological polar surface area (TPSA) is 94.0 Å². The molecule has 0 saturated carbocycles. The van der Waals surface area contributed by atoms with Crippen LogP contribution in [-0.2, 0) is 17.6 Å². The maximum atomic E-state index is 11.9. The summed E-state index contributed by atoms with van der Waals surface area (Å²) in [5.41, 5.74) is 7.07. The number of nitrogens with two attached hydrogens (primary N) is 1. The number of benzene rings is 1. The van der Waals surface area contributed by atoms with E-state index in [9.17, 15) is 4.79 Å². The molecule has 0 aliphatic carbocycles. The van der Waals surface area contributed by atoms with Crippen LogP contribution < -0.4 is 11.1 Å². The Kier molecular flexibility index (Phi) is 5.45. The molecule has 0 aliphatic heterocycles. The minimum absolute atomic E-state index is 0.151. The van der Waals surface area contributed by atoms with Gasteiger partial charge in [0.15, 0.2) is 5.82 Å². The summed E-state index contributed by atoms with van der Waals surface area (Å²) in [6.07, 6.45) is 1.92. The number of hydrogen-bond acceptors (Lipinski definition) is 5. The molecule has 2 aromatic rings. The second-order valence-corrected chi connectivity index (χ2v) is 4.91. The number of hydrogen-bond donors (Lipinski definition) is 2. The lowest BCUT2D eigenvalue weighted by Crippen LogP contribution is -2.41. The fourth-order valence-corrected chi connectivity index (χ4v) is 1.96. The molecule has 112 valence electrons. The summed E-state index contributed by atoms with van der Waals surface area (Å²) in [7, 11) is 0. The Balaban J connectivity index is 1.67. The van der Waals surface area contributed by atoms with E-state index in [1.807, 2.05) is 30.3 Å². The van der Waals surface area contributed by atoms with Crippen LogP contribution in [0.25, 0.3) is 0 Å². The first kappa shape index (κ1) is 15.2. The fraction of sp³-hybridized carbons (Fsp3) is 0.400. The van der Waals surface area contributed by atoms with E-state index in [0.29, 0.717) is 31.1 Å². The predicted octanol–water partition coefficient (Wildman–Crippen LogP) is 0.997. The third-order valence-corrected chi connectivity index (χ3v) is 3.13. The van der Waals surface area contributed by atoms with Crippen molar-refractivity contribution >= 4 is 5.91 Å². The lowest BCUT2D eigenvalue weighted by atomic mass is 10.1. The second kappa shape index (κ2) is 7.54. The maximum Gasteiger partial charge on any atom is 0.236 e. The number of nitrogens with zero attached hydrogens (tertiary/aromatic N) is 2. The van der Waals surface area contributed by atoms with Gasteiger partial charge >= 0.3 is 0 Å². The van der Waals surface area contributed by atoms with Crippen LogP contribution in [0.2, 0.25) is 0 Å². The molecule has 1 aromatic heterocycles. The highest BCUT2D eigenvalue weighted by molar-refractivity contribution is 5.81. The average molecular weight is 288 g/mol. The molecular formula is C15H20N4O2. The predicted molar refractivity (Wildman–Crippen MR) is 78.5 cm³/mol. The molecule has 6 nitrogen and oxygen atoms in total. The molecule has 0 saturated heterocycles. The third-order valence-electron chi connectivity index (χ3n) is 3.13. The lowest BCUT2D eigenvalue weighted by Gasteiger charge is -2.11. The van der Waals surface area contributed by atoms with Crippen molar-refractivity contribution in [3.8, 4) is 0 Å². The van der Waals surface area contributed by atoms with Gasteiger partial charge in [0.1, 0.15) is 0 Å². The van der Waals surface area contributed by atoms with E-state index < -0.39 is 6.04 Å². The SMILES string of the molecule is Cc1noc(CCNC(=O)[C@@H](N)CCc2ccccc2)n1. The molecule has 2 rings (SSSR count). The van der Waals surface area contributed by atoms with Gasteiger partial charge in [-0.05, 0) is 25.3 Å². The zero-order chi connectivity index (χ0) is 15.1. The summed E-state index contributed by atoms with van der Waals surface area (Å²) in [6.45, 7) is 2.20. The van der Waals surface area contributed by atoms with Gasteiger partial charge in [0.05, 0.1) is 6.04 Å². The Bertz CT molecular complexity index is 568. The van der Waals surface area contributed by atoms with Crippen molar-refractivity contribution in [1.82, 2.24) is 15.5 Å². The first-order chi connectivity index (χ1) is 10.1. The maximum absolute atomic E-state index is 11.9. The molecular weight excluding hydrogens is 268 g/mol. The van der Waals surface area contributed by atoms with Crippen molar-refractivity contribution in [2.45, 2.75) is 32.2 Å². The molecule has 1 atom stereocenters. The zero-order valence-corrected chi connectivity index (χ0v) is 12.1. The summed E-state index contributed by atoms with van der Waals surface area (Å²) < 4.78 is 4.97. The Morgan fingerprint density at radius 3 is 2.76 bits per heavy atom. The minimum Gasteiger partial charge on any atom is -0.354 e. The first-order valence-corrected chi connectivity index (χ1v) is 7.01. The van der Waals surface area contributed by atoms with E-state index in [-0.39, 0.29) is 5.91 Å². The van der Waals surface area contributed by atoms with Crippen molar-refractivity contribution in [2.75, 3.05) is 6.54 Å². The molecule has 0 radical (unpaired) electrons. The van der Waals surface area contributed by atoms with Crippen LogP contribution in [0.4, 0.5) is 0 Å². The van der Waals surface area contributed by atoms with Gasteiger partial charge in [0, 0.05) is 13.0 Å². The minimum atomic E-state index is -0.505. The molecule has 0 fully saturated rings. The van der Waals surface area contributed by atoms with Gasteiger partial charge in [-0.25, -0.2) is 0 Å². The molecule has 0 spiro atoms. The van der Waals surface area contributed by atoms with Crippen molar-refractivity contribution in [3.05, 3.63) is 47.6 Å². The molecule has 1 amide bonds. The van der Waals surface area contributed by atoms with E-state index in [0.717, 1.165) is 6.42 Å². The third kappa shape index (κ3) is 5.00. The van der Waals surface area contributed by atoms with E-state index in [1.165, 1.54) is 5.56 Å². The summed E-state index contributed by atoms with van der Waals surface area (Å²) in [6, 6.07) is 9.48. The van der Waals surface area contributed by atoms with Crippen LogP contribution in [0, 0.1) is 6.92 Å². The number of amides is 1. The summed E-state index contributed by atoms with van der Waals surface area (Å²) >= 11 is 0. The fourth-order valence-electron chi connectivity index (χ4n) is 1.96. The standard InChI is InChI=1S/C15H20N4O2/c1-11-18-14(21-19-11)9-10-17-15(20)13(16)8-7-12-5-3-2-4-6-12/h2-6,13H,7-10,16H2,1H3,(H,17,20)/t13-/m0/s1. The Morgan fingerprint density at radius 2 is 2.10 bits per heavy atom. The van der Waals surface area contributed by atoms with Gasteiger partial charge in [-0.2, -0.15) is 4.98 Å². The summed E-state index contributed by atoms with van der Waals surface area (Å²) in [5, 5.41) is 6.47. The van der Waals surface area contributed by atoms with Gasteiger partial charge in [0.25, 0.3) is 0 Å².